The van der Waals surface area contributed by atoms with E-state index in [9.17, 15) is 23.9 Å². The number of aryl methyl sites for hydroxylation is 1. The topological polar surface area (TPSA) is 116 Å². The first-order valence-corrected chi connectivity index (χ1v) is 19.4. The van der Waals surface area contributed by atoms with Crippen LogP contribution < -0.4 is 15.1 Å². The van der Waals surface area contributed by atoms with Gasteiger partial charge in [0.1, 0.15) is 5.82 Å². The number of nitrogens with zero attached hydrogens (tertiary/aromatic N) is 2. The highest BCUT2D eigenvalue weighted by atomic mass is 79.9. The molecule has 3 fully saturated rings. The molecule has 8 rings (SSSR count). The van der Waals surface area contributed by atoms with Crippen molar-refractivity contribution in [2.75, 3.05) is 17.4 Å². The number of ether oxygens (including phenoxy) is 1. The number of aromatic hydroxyl groups is 1. The van der Waals surface area contributed by atoms with Crippen LogP contribution in [-0.4, -0.2) is 40.9 Å². The van der Waals surface area contributed by atoms with Crippen molar-refractivity contribution in [1.29, 1.82) is 0 Å². The molecule has 54 heavy (non-hydrogen) atoms. The number of rotatable bonds is 6. The summed E-state index contributed by atoms with van der Waals surface area (Å²) in [6.07, 6.45) is 2.17. The minimum absolute atomic E-state index is 0.0494. The van der Waals surface area contributed by atoms with Gasteiger partial charge in [-0.3, -0.25) is 24.6 Å². The van der Waals surface area contributed by atoms with E-state index < -0.39 is 58.5 Å². The zero-order valence-corrected chi connectivity index (χ0v) is 33.3. The summed E-state index contributed by atoms with van der Waals surface area (Å²) in [7, 11) is 1.40. The van der Waals surface area contributed by atoms with Crippen LogP contribution in [0.25, 0.3) is 0 Å². The van der Waals surface area contributed by atoms with Gasteiger partial charge in [-0.15, -0.1) is 0 Å². The van der Waals surface area contributed by atoms with Gasteiger partial charge in [0.15, 0.2) is 11.5 Å². The van der Waals surface area contributed by atoms with Gasteiger partial charge in [0.2, 0.25) is 11.8 Å². The smallest absolute Gasteiger partial charge is 0.260 e. The fourth-order valence-electron chi connectivity index (χ4n) is 8.95. The van der Waals surface area contributed by atoms with E-state index in [0.29, 0.717) is 42.6 Å². The first-order valence-electron chi connectivity index (χ1n) is 17.0. The lowest BCUT2D eigenvalue weighted by Gasteiger charge is -2.51. The second kappa shape index (κ2) is 13.5. The van der Waals surface area contributed by atoms with Crippen LogP contribution in [0, 0.1) is 36.4 Å². The summed E-state index contributed by atoms with van der Waals surface area (Å²) in [4.78, 5) is 60.2. The number of phenols is 1. The van der Waals surface area contributed by atoms with Crippen molar-refractivity contribution in [3.05, 3.63) is 126 Å². The Morgan fingerprint density at radius 2 is 1.61 bits per heavy atom. The molecule has 4 aromatic rings. The number of carbonyl (C=O) groups excluding carboxylic acids is 4. The predicted molar refractivity (Wildman–Crippen MR) is 208 cm³/mol. The number of phenolic OH excluding ortho intramolecular Hbond substituents is 1. The molecular formula is C40H30Br2Cl2FN3O6. The Labute approximate surface area is 336 Å². The third-order valence-electron chi connectivity index (χ3n) is 11.4. The number of methoxy groups -OCH3 is 1. The van der Waals surface area contributed by atoms with Crippen LogP contribution in [0.2, 0.25) is 10.0 Å². The molecule has 2 aliphatic heterocycles. The van der Waals surface area contributed by atoms with E-state index in [1.54, 1.807) is 48.5 Å². The molecule has 14 heteroatoms. The average Bonchev–Trinajstić information content (AvgIpc) is 3.54. The number of amides is 4. The van der Waals surface area contributed by atoms with Gasteiger partial charge in [-0.05, 0) is 129 Å². The monoisotopic (exact) mass is 895 g/mol. The maximum Gasteiger partial charge on any atom is 0.260 e. The fourth-order valence-corrected chi connectivity index (χ4v) is 10.2. The summed E-state index contributed by atoms with van der Waals surface area (Å²) >= 11 is 20.0. The van der Waals surface area contributed by atoms with Crippen LogP contribution >= 0.6 is 55.1 Å². The molecule has 2 heterocycles. The molecule has 2 N–H and O–H groups in total. The minimum atomic E-state index is -1.64. The molecule has 0 aromatic heterocycles. The van der Waals surface area contributed by atoms with Gasteiger partial charge in [0.25, 0.3) is 11.8 Å². The van der Waals surface area contributed by atoms with Gasteiger partial charge in [-0.2, -0.15) is 5.01 Å². The normalized spacial score (nSPS) is 26.1. The van der Waals surface area contributed by atoms with E-state index >= 15 is 4.79 Å². The molecule has 1 saturated carbocycles. The summed E-state index contributed by atoms with van der Waals surface area (Å²) in [5, 5.41) is 12.8. The summed E-state index contributed by atoms with van der Waals surface area (Å²) in [6, 6.07) is 18.7. The van der Waals surface area contributed by atoms with E-state index in [2.05, 4.69) is 37.3 Å². The average molecular weight is 898 g/mol. The van der Waals surface area contributed by atoms with E-state index in [0.717, 1.165) is 10.6 Å². The lowest BCUT2D eigenvalue weighted by Crippen LogP contribution is -2.53. The standard InChI is InChI=1S/C40H30Br2Cl2FN3O6/c1-18-3-12-23(15-29(18)44)47-36(50)25-14-13-24-26(31(25)38(47)52)16-28-37(51)48(46-22-10-8-21(45)9-11-22)39(53)40(28,19-4-6-20(43)7-5-19)32(24)27-17-30(54-2)35(49)34(42)33(27)41/h3-13,15,17,25-26,28,31-32,46,49H,14,16H2,1-2H3. The van der Waals surface area contributed by atoms with Crippen molar-refractivity contribution in [3.63, 3.8) is 0 Å². The van der Waals surface area contributed by atoms with E-state index in [1.807, 2.05) is 13.0 Å². The molecule has 9 nitrogen and oxygen atoms in total. The highest BCUT2D eigenvalue weighted by Crippen LogP contribution is 2.65. The molecule has 0 spiro atoms. The molecule has 276 valence electrons. The highest BCUT2D eigenvalue weighted by Gasteiger charge is 2.70. The Morgan fingerprint density at radius 1 is 0.907 bits per heavy atom. The second-order valence-electron chi connectivity index (χ2n) is 14.0. The zero-order valence-electron chi connectivity index (χ0n) is 28.6. The first kappa shape index (κ1) is 36.7. The number of anilines is 2. The van der Waals surface area contributed by atoms with Crippen molar-refractivity contribution in [1.82, 2.24) is 5.01 Å². The molecule has 0 radical (unpaired) electrons. The SMILES string of the molecule is COc1cc(C2C3=CCC4C(=O)N(c5ccc(C)c(Cl)c5)C(=O)C4C3CC3C(=O)N(Nc4ccc(F)cc4)C(=O)C32c2ccc(Cl)cc2)c(Br)c(Br)c1O. The second-order valence-corrected chi connectivity index (χ2v) is 16.4. The number of carbonyl (C=O) groups is 4. The maximum atomic E-state index is 15.4. The van der Waals surface area contributed by atoms with Crippen molar-refractivity contribution >= 4 is 90.1 Å². The van der Waals surface area contributed by atoms with Gasteiger partial charge >= 0.3 is 0 Å². The summed E-state index contributed by atoms with van der Waals surface area (Å²) < 4.78 is 20.2. The van der Waals surface area contributed by atoms with Gasteiger partial charge < -0.3 is 9.84 Å². The number of fused-ring (bicyclic) bond motifs is 4. The summed E-state index contributed by atoms with van der Waals surface area (Å²) in [6.45, 7) is 1.83. The number of hydrazine groups is 1. The van der Waals surface area contributed by atoms with E-state index in [-0.39, 0.29) is 34.7 Å². The lowest BCUT2D eigenvalue weighted by molar-refractivity contribution is -0.138. The first-order chi connectivity index (χ1) is 25.8. The fraction of sp³-hybridized carbons (Fsp3) is 0.250. The van der Waals surface area contributed by atoms with Gasteiger partial charge in [-0.1, -0.05) is 53.1 Å². The number of nitrogens with one attached hydrogen (secondary N) is 1. The number of hydrogen-bond donors (Lipinski definition) is 2. The molecule has 2 saturated heterocycles. The minimum Gasteiger partial charge on any atom is -0.503 e. The zero-order chi connectivity index (χ0) is 38.4. The van der Waals surface area contributed by atoms with Crippen molar-refractivity contribution in [3.8, 4) is 11.5 Å². The quantitative estimate of drug-likeness (QED) is 0.147. The van der Waals surface area contributed by atoms with Crippen molar-refractivity contribution < 1.29 is 33.4 Å². The largest absolute Gasteiger partial charge is 0.503 e. The van der Waals surface area contributed by atoms with Crippen LogP contribution in [-0.2, 0) is 24.6 Å². The van der Waals surface area contributed by atoms with Gasteiger partial charge in [-0.25, -0.2) is 9.29 Å². The number of benzene rings is 4. The Kier molecular flexibility index (Phi) is 9.19. The van der Waals surface area contributed by atoms with Crippen LogP contribution in [0.3, 0.4) is 0 Å². The summed E-state index contributed by atoms with van der Waals surface area (Å²) in [5.74, 6) is -6.76. The number of imide groups is 2. The van der Waals surface area contributed by atoms with Crippen LogP contribution in [0.5, 0.6) is 11.5 Å². The number of hydrogen-bond acceptors (Lipinski definition) is 7. The third-order valence-corrected chi connectivity index (χ3v) is 14.2. The van der Waals surface area contributed by atoms with Gasteiger partial charge in [0.05, 0.1) is 46.1 Å². The lowest BCUT2D eigenvalue weighted by atomic mass is 9.49. The molecule has 6 unspecified atom stereocenters. The van der Waals surface area contributed by atoms with Crippen LogP contribution in [0.1, 0.15) is 35.4 Å². The molecule has 4 amide bonds. The third kappa shape index (κ3) is 5.35. The van der Waals surface area contributed by atoms with Crippen molar-refractivity contribution in [2.24, 2.45) is 23.7 Å². The molecule has 0 bridgehead atoms. The molecule has 2 aliphatic carbocycles. The predicted octanol–water partition coefficient (Wildman–Crippen LogP) is 8.87. The molecule has 4 aromatic carbocycles. The van der Waals surface area contributed by atoms with E-state index in [4.69, 9.17) is 27.9 Å². The van der Waals surface area contributed by atoms with Crippen LogP contribution in [0.15, 0.2) is 93.4 Å². The molecule has 6 atom stereocenters. The maximum absolute atomic E-state index is 15.4. The summed E-state index contributed by atoms with van der Waals surface area (Å²) in [5.41, 5.74) is 4.43. The Balaban J connectivity index is 1.36. The number of halogens is 5. The molecular weight excluding hydrogens is 868 g/mol. The Bertz CT molecular complexity index is 2320. The highest BCUT2D eigenvalue weighted by molar-refractivity contribution is 9.13. The van der Waals surface area contributed by atoms with Crippen molar-refractivity contribution in [2.45, 2.75) is 31.1 Å². The van der Waals surface area contributed by atoms with Gasteiger partial charge in [0, 0.05) is 20.4 Å². The van der Waals surface area contributed by atoms with Crippen LogP contribution in [0.4, 0.5) is 15.8 Å². The Hall–Kier alpha value is -4.23. The van der Waals surface area contributed by atoms with E-state index in [1.165, 1.54) is 36.3 Å². The Morgan fingerprint density at radius 3 is 2.28 bits per heavy atom. The molecule has 4 aliphatic rings. The number of allylic oxidation sites excluding steroid dienone is 2.